The molecule has 0 spiro atoms. The summed E-state index contributed by atoms with van der Waals surface area (Å²) in [6.45, 7) is -0.388. The molecule has 34 heavy (non-hydrogen) atoms. The van der Waals surface area contributed by atoms with Gasteiger partial charge < -0.3 is 24.5 Å². The number of carbonyl (C=O) groups excluding carboxylic acids is 1. The lowest BCUT2D eigenvalue weighted by Crippen LogP contribution is -2.44. The molecule has 2 aromatic rings. The topological polar surface area (TPSA) is 131 Å². The van der Waals surface area contributed by atoms with Gasteiger partial charge >= 0.3 is 19.9 Å². The molecule has 0 heterocycles. The van der Waals surface area contributed by atoms with Gasteiger partial charge in [-0.2, -0.15) is 0 Å². The summed E-state index contributed by atoms with van der Waals surface area (Å²) >= 11 is 0. The van der Waals surface area contributed by atoms with Crippen LogP contribution in [0.15, 0.2) is 48.5 Å². The van der Waals surface area contributed by atoms with Crippen LogP contribution >= 0.6 is 7.82 Å². The van der Waals surface area contributed by atoms with E-state index in [-0.39, 0.29) is 19.1 Å². The van der Waals surface area contributed by atoms with E-state index in [1.165, 1.54) is 0 Å². The Hall–Kier alpha value is -2.75. The molecule has 1 amide bonds. The van der Waals surface area contributed by atoms with E-state index in [1.54, 1.807) is 0 Å². The minimum absolute atomic E-state index is 0.000284. The molecule has 11 heteroatoms. The second-order valence-electron chi connectivity index (χ2n) is 8.97. The Morgan fingerprint density at radius 2 is 1.59 bits per heavy atom. The first kappa shape index (κ1) is 25.9. The Morgan fingerprint density at radius 3 is 2.12 bits per heavy atom. The second-order valence-corrected chi connectivity index (χ2v) is 10.4. The Kier molecular flexibility index (Phi) is 8.12. The summed E-state index contributed by atoms with van der Waals surface area (Å²) in [6, 6.07) is 14.0. The van der Waals surface area contributed by atoms with Gasteiger partial charge in [-0.25, -0.2) is 14.2 Å². The largest absolute Gasteiger partial charge is 0.480 e. The summed E-state index contributed by atoms with van der Waals surface area (Å²) in [6.07, 6.45) is -0.975. The van der Waals surface area contributed by atoms with Crippen LogP contribution in [-0.4, -0.2) is 80.1 Å². The van der Waals surface area contributed by atoms with Gasteiger partial charge in [0.2, 0.25) is 0 Å². The Bertz CT molecular complexity index is 1040. The number of phosphoric acid groups is 1. The summed E-state index contributed by atoms with van der Waals surface area (Å²) < 4.78 is 27.5. The maximum absolute atomic E-state index is 12.3. The molecule has 1 aliphatic carbocycles. The smallest absolute Gasteiger partial charge is 0.472 e. The van der Waals surface area contributed by atoms with E-state index in [9.17, 15) is 24.2 Å². The van der Waals surface area contributed by atoms with E-state index in [4.69, 9.17) is 13.8 Å². The van der Waals surface area contributed by atoms with Gasteiger partial charge in [-0.05, 0) is 22.3 Å². The monoisotopic (exact) mass is 493 g/mol. The maximum atomic E-state index is 12.3. The molecule has 0 aromatic heterocycles. The van der Waals surface area contributed by atoms with Crippen LogP contribution in [0.3, 0.4) is 0 Å². The number of hydrogen-bond acceptors (Lipinski definition) is 6. The average Bonchev–Trinajstić information content (AvgIpc) is 3.08. The fourth-order valence-electron chi connectivity index (χ4n) is 3.59. The first-order valence-corrected chi connectivity index (χ1v) is 12.2. The van der Waals surface area contributed by atoms with Gasteiger partial charge in [0.15, 0.2) is 6.04 Å². The predicted molar refractivity (Wildman–Crippen MR) is 124 cm³/mol. The molecule has 2 aromatic carbocycles. The number of likely N-dealkylation sites (N-methyl/N-ethyl adjacent to an activating group) is 1. The number of nitrogens with zero attached hydrogens (tertiary/aromatic N) is 1. The van der Waals surface area contributed by atoms with Crippen molar-refractivity contribution >= 4 is 19.9 Å². The van der Waals surface area contributed by atoms with Crippen molar-refractivity contribution < 1.29 is 42.4 Å². The lowest BCUT2D eigenvalue weighted by atomic mass is 9.98. The van der Waals surface area contributed by atoms with Crippen molar-refractivity contribution in [2.75, 3.05) is 47.5 Å². The molecule has 184 valence electrons. The molecular formula is C23H30N2O8P+. The third kappa shape index (κ3) is 6.88. The number of carboxylic acids is 1. The van der Waals surface area contributed by atoms with E-state index in [2.05, 4.69) is 5.32 Å². The van der Waals surface area contributed by atoms with Crippen LogP contribution in [0.25, 0.3) is 11.1 Å². The number of fused-ring (bicyclic) bond motifs is 3. The van der Waals surface area contributed by atoms with Gasteiger partial charge in [0.05, 0.1) is 27.7 Å². The van der Waals surface area contributed by atoms with E-state index >= 15 is 0 Å². The number of quaternary nitrogens is 1. The third-order valence-corrected chi connectivity index (χ3v) is 6.34. The van der Waals surface area contributed by atoms with Crippen LogP contribution in [0.4, 0.5) is 4.79 Å². The highest BCUT2D eigenvalue weighted by molar-refractivity contribution is 7.47. The zero-order valence-electron chi connectivity index (χ0n) is 19.3. The standard InChI is InChI=1S/C23H29N2O8P/c1-25(2,3)12-13-32-34(29,30)33-15-21(22(26)27)24-23(28)31-14-20-18-10-6-4-8-16(18)17-9-5-7-11-19(17)20/h4-11,20-21H,12-15H2,1-3H3,(H2-,24,26,27,28,29,30)/p+1. The fourth-order valence-corrected chi connectivity index (χ4v) is 4.32. The molecular weight excluding hydrogens is 463 g/mol. The number of carbonyl (C=O) groups is 2. The van der Waals surface area contributed by atoms with Crippen LogP contribution in [0.2, 0.25) is 0 Å². The predicted octanol–water partition coefficient (Wildman–Crippen LogP) is 2.82. The van der Waals surface area contributed by atoms with Gasteiger partial charge in [-0.1, -0.05) is 48.5 Å². The zero-order valence-corrected chi connectivity index (χ0v) is 20.2. The van der Waals surface area contributed by atoms with Gasteiger partial charge in [-0.15, -0.1) is 0 Å². The number of hydrogen-bond donors (Lipinski definition) is 3. The molecule has 2 atom stereocenters. The highest BCUT2D eigenvalue weighted by Crippen LogP contribution is 2.45. The van der Waals surface area contributed by atoms with Gasteiger partial charge in [-0.3, -0.25) is 9.05 Å². The molecule has 0 aliphatic heterocycles. The van der Waals surface area contributed by atoms with Crippen molar-refractivity contribution in [1.29, 1.82) is 0 Å². The molecule has 3 rings (SSSR count). The quantitative estimate of drug-likeness (QED) is 0.322. The normalized spacial score (nSPS) is 15.6. The lowest BCUT2D eigenvalue weighted by molar-refractivity contribution is -0.870. The molecule has 3 N–H and O–H groups in total. The molecule has 10 nitrogen and oxygen atoms in total. The van der Waals surface area contributed by atoms with Crippen molar-refractivity contribution in [3.05, 3.63) is 59.7 Å². The van der Waals surface area contributed by atoms with Crippen LogP contribution < -0.4 is 5.32 Å². The molecule has 0 saturated heterocycles. The highest BCUT2D eigenvalue weighted by Gasteiger charge is 2.31. The minimum atomic E-state index is -4.49. The van der Waals surface area contributed by atoms with Crippen LogP contribution in [0.1, 0.15) is 17.0 Å². The highest BCUT2D eigenvalue weighted by atomic mass is 31.2. The minimum Gasteiger partial charge on any atom is -0.480 e. The van der Waals surface area contributed by atoms with E-state index < -0.39 is 32.5 Å². The van der Waals surface area contributed by atoms with Crippen LogP contribution in [-0.2, 0) is 23.1 Å². The number of rotatable bonds is 11. The van der Waals surface area contributed by atoms with Crippen molar-refractivity contribution in [3.8, 4) is 11.1 Å². The Labute approximate surface area is 198 Å². The summed E-state index contributed by atoms with van der Waals surface area (Å²) in [5, 5.41) is 11.5. The number of nitrogens with one attached hydrogen (secondary N) is 1. The molecule has 0 radical (unpaired) electrons. The lowest BCUT2D eigenvalue weighted by Gasteiger charge is -2.24. The van der Waals surface area contributed by atoms with Crippen molar-refractivity contribution in [1.82, 2.24) is 5.32 Å². The van der Waals surface area contributed by atoms with Gasteiger partial charge in [0, 0.05) is 5.92 Å². The maximum Gasteiger partial charge on any atom is 0.472 e. The molecule has 1 aliphatic rings. The number of benzene rings is 2. The zero-order chi connectivity index (χ0) is 24.9. The van der Waals surface area contributed by atoms with Gasteiger partial charge in [0.25, 0.3) is 0 Å². The average molecular weight is 493 g/mol. The number of carboxylic acid groups (broad SMARTS) is 1. The van der Waals surface area contributed by atoms with Gasteiger partial charge in [0.1, 0.15) is 19.8 Å². The number of amides is 1. The van der Waals surface area contributed by atoms with E-state index in [1.807, 2.05) is 69.7 Å². The summed E-state index contributed by atoms with van der Waals surface area (Å²) in [7, 11) is 1.15. The number of alkyl carbamates (subject to hydrolysis) is 1. The number of phosphoric ester groups is 1. The SMILES string of the molecule is C[N+](C)(C)CCOP(=O)(O)OCC(NC(=O)OCC1c2ccccc2-c2ccccc21)C(=O)O. The van der Waals surface area contributed by atoms with Crippen LogP contribution in [0, 0.1) is 0 Å². The van der Waals surface area contributed by atoms with E-state index in [0.717, 1.165) is 22.3 Å². The number of aliphatic carboxylic acids is 1. The van der Waals surface area contributed by atoms with Crippen molar-refractivity contribution in [3.63, 3.8) is 0 Å². The molecule has 2 unspecified atom stereocenters. The molecule has 0 bridgehead atoms. The Balaban J connectivity index is 1.55. The first-order chi connectivity index (χ1) is 16.0. The summed E-state index contributed by atoms with van der Waals surface area (Å²) in [4.78, 5) is 33.6. The molecule has 0 saturated carbocycles. The number of ether oxygens (including phenoxy) is 1. The van der Waals surface area contributed by atoms with Crippen molar-refractivity contribution in [2.45, 2.75) is 12.0 Å². The molecule has 0 fully saturated rings. The Morgan fingerprint density at radius 1 is 1.03 bits per heavy atom. The van der Waals surface area contributed by atoms with Crippen molar-refractivity contribution in [2.24, 2.45) is 0 Å². The second kappa shape index (κ2) is 10.7. The van der Waals surface area contributed by atoms with Crippen LogP contribution in [0.5, 0.6) is 0 Å². The first-order valence-electron chi connectivity index (χ1n) is 10.7. The van der Waals surface area contributed by atoms with E-state index in [0.29, 0.717) is 11.0 Å². The summed E-state index contributed by atoms with van der Waals surface area (Å²) in [5.41, 5.74) is 4.16. The third-order valence-electron chi connectivity index (χ3n) is 5.35. The summed E-state index contributed by atoms with van der Waals surface area (Å²) in [5.74, 6) is -1.63. The fraction of sp³-hybridized carbons (Fsp3) is 0.391.